The van der Waals surface area contributed by atoms with Gasteiger partial charge in [0, 0.05) is 37.9 Å². The zero-order valence-corrected chi connectivity index (χ0v) is 17.1. The van der Waals surface area contributed by atoms with Crippen LogP contribution in [0.2, 0.25) is 0 Å². The summed E-state index contributed by atoms with van der Waals surface area (Å²) >= 11 is 0. The summed E-state index contributed by atoms with van der Waals surface area (Å²) in [4.78, 5) is 15.9. The molecule has 1 heterocycles. The number of hydrogen-bond acceptors (Lipinski definition) is 4. The number of hydrogen-bond donors (Lipinski definition) is 1. The van der Waals surface area contributed by atoms with Crippen molar-refractivity contribution in [2.75, 3.05) is 37.6 Å². The zero-order chi connectivity index (χ0) is 21.6. The van der Waals surface area contributed by atoms with Crippen LogP contribution in [-0.4, -0.2) is 49.6 Å². The van der Waals surface area contributed by atoms with E-state index in [1.165, 1.54) is 12.1 Å². The lowest BCUT2D eigenvalue weighted by atomic mass is 9.84. The van der Waals surface area contributed by atoms with E-state index in [0.29, 0.717) is 11.6 Å². The molecular weight excluding hydrogens is 393 g/mol. The van der Waals surface area contributed by atoms with Gasteiger partial charge in [0.1, 0.15) is 6.42 Å². The van der Waals surface area contributed by atoms with Gasteiger partial charge in [-0.15, -0.1) is 0 Å². The molecule has 1 aromatic rings. The average molecular weight is 422 g/mol. The Morgan fingerprint density at radius 1 is 1.13 bits per heavy atom. The Balaban J connectivity index is 1.37. The predicted molar refractivity (Wildman–Crippen MR) is 109 cm³/mol. The van der Waals surface area contributed by atoms with Crippen molar-refractivity contribution < 1.29 is 18.0 Å². The molecule has 0 radical (unpaired) electrons. The lowest BCUT2D eigenvalue weighted by Gasteiger charge is -2.37. The highest BCUT2D eigenvalue weighted by molar-refractivity contribution is 5.78. The molecule has 0 bridgehead atoms. The van der Waals surface area contributed by atoms with Gasteiger partial charge in [-0.25, -0.2) is 0 Å². The van der Waals surface area contributed by atoms with Crippen molar-refractivity contribution in [3.8, 4) is 6.07 Å². The largest absolute Gasteiger partial charge is 0.416 e. The summed E-state index contributed by atoms with van der Waals surface area (Å²) in [6, 6.07) is 7.65. The number of nitrogens with zero attached hydrogens (tertiary/aromatic N) is 3. The summed E-state index contributed by atoms with van der Waals surface area (Å²) in [7, 11) is 0. The van der Waals surface area contributed by atoms with Crippen molar-refractivity contribution in [3.63, 3.8) is 0 Å². The Labute approximate surface area is 175 Å². The van der Waals surface area contributed by atoms with E-state index in [0.717, 1.165) is 70.9 Å². The summed E-state index contributed by atoms with van der Waals surface area (Å²) in [6.07, 6.45) is 0.823. The van der Waals surface area contributed by atoms with E-state index in [9.17, 15) is 18.0 Å². The second-order valence-electron chi connectivity index (χ2n) is 8.29. The Morgan fingerprint density at radius 3 is 2.47 bits per heavy atom. The fourth-order valence-corrected chi connectivity index (χ4v) is 4.42. The fraction of sp³-hybridized carbons (Fsp3) is 0.636. The first-order valence-electron chi connectivity index (χ1n) is 10.7. The Bertz CT molecular complexity index is 745. The van der Waals surface area contributed by atoms with Crippen LogP contribution in [0.3, 0.4) is 0 Å². The summed E-state index contributed by atoms with van der Waals surface area (Å²) in [6.45, 7) is 4.19. The van der Waals surface area contributed by atoms with Crippen molar-refractivity contribution in [1.82, 2.24) is 10.2 Å². The van der Waals surface area contributed by atoms with E-state index < -0.39 is 11.7 Å². The van der Waals surface area contributed by atoms with Crippen LogP contribution in [0.25, 0.3) is 0 Å². The highest BCUT2D eigenvalue weighted by Gasteiger charge is 2.31. The maximum absolute atomic E-state index is 12.9. The molecule has 1 saturated carbocycles. The number of nitriles is 1. The summed E-state index contributed by atoms with van der Waals surface area (Å²) in [5.41, 5.74) is 0.0445. The number of alkyl halides is 3. The normalized spacial score (nSPS) is 23.1. The second-order valence-corrected chi connectivity index (χ2v) is 8.29. The molecule has 1 aromatic carbocycles. The molecular formula is C22H29F3N4O. The van der Waals surface area contributed by atoms with Crippen molar-refractivity contribution in [1.29, 1.82) is 5.26 Å². The topological polar surface area (TPSA) is 59.4 Å². The average Bonchev–Trinajstić information content (AvgIpc) is 2.73. The molecule has 30 heavy (non-hydrogen) atoms. The number of carbonyl (C=O) groups is 1. The number of carbonyl (C=O) groups excluding carboxylic acids is 1. The van der Waals surface area contributed by atoms with Gasteiger partial charge in [0.2, 0.25) is 5.91 Å². The Morgan fingerprint density at radius 2 is 1.83 bits per heavy atom. The molecule has 1 saturated heterocycles. The minimum absolute atomic E-state index is 0.0770. The SMILES string of the molecule is N#CCC(=O)NC1CCC(CCN2CCN(c3cccc(C(F)(F)F)c3)CC2)CC1. The number of anilines is 1. The molecule has 3 rings (SSSR count). The number of piperazine rings is 1. The highest BCUT2D eigenvalue weighted by atomic mass is 19.4. The minimum atomic E-state index is -4.31. The highest BCUT2D eigenvalue weighted by Crippen LogP contribution is 2.32. The Hall–Kier alpha value is -2.27. The van der Waals surface area contributed by atoms with Crippen molar-refractivity contribution >= 4 is 11.6 Å². The van der Waals surface area contributed by atoms with Gasteiger partial charge in [0.25, 0.3) is 0 Å². The van der Waals surface area contributed by atoms with Gasteiger partial charge >= 0.3 is 6.18 Å². The van der Waals surface area contributed by atoms with Crippen LogP contribution in [0.15, 0.2) is 24.3 Å². The third-order valence-electron chi connectivity index (χ3n) is 6.22. The van der Waals surface area contributed by atoms with E-state index in [1.54, 1.807) is 6.07 Å². The fourth-order valence-electron chi connectivity index (χ4n) is 4.42. The van der Waals surface area contributed by atoms with Crippen LogP contribution < -0.4 is 10.2 Å². The van der Waals surface area contributed by atoms with Crippen LogP contribution in [0, 0.1) is 17.2 Å². The first-order chi connectivity index (χ1) is 14.3. The summed E-state index contributed by atoms with van der Waals surface area (Å²) < 4.78 is 38.8. The minimum Gasteiger partial charge on any atom is -0.369 e. The number of amides is 1. The zero-order valence-electron chi connectivity index (χ0n) is 17.1. The number of rotatable bonds is 6. The first kappa shape index (κ1) is 22.4. The molecule has 5 nitrogen and oxygen atoms in total. The number of benzene rings is 1. The molecule has 164 valence electrons. The third kappa shape index (κ3) is 6.36. The molecule has 8 heteroatoms. The van der Waals surface area contributed by atoms with Crippen molar-refractivity contribution in [3.05, 3.63) is 29.8 Å². The molecule has 1 aliphatic carbocycles. The van der Waals surface area contributed by atoms with Crippen LogP contribution in [0.5, 0.6) is 0 Å². The van der Waals surface area contributed by atoms with E-state index >= 15 is 0 Å². The molecule has 0 aromatic heterocycles. The smallest absolute Gasteiger partial charge is 0.369 e. The van der Waals surface area contributed by atoms with Gasteiger partial charge in [-0.2, -0.15) is 18.4 Å². The summed E-state index contributed by atoms with van der Waals surface area (Å²) in [5, 5.41) is 11.5. The maximum atomic E-state index is 12.9. The number of nitrogens with one attached hydrogen (secondary N) is 1. The van der Waals surface area contributed by atoms with E-state index in [-0.39, 0.29) is 18.4 Å². The van der Waals surface area contributed by atoms with Crippen LogP contribution >= 0.6 is 0 Å². The van der Waals surface area contributed by atoms with Crippen LogP contribution in [-0.2, 0) is 11.0 Å². The summed E-state index contributed by atoms with van der Waals surface area (Å²) in [5.74, 6) is 0.468. The van der Waals surface area contributed by atoms with Gasteiger partial charge in [-0.05, 0) is 62.8 Å². The van der Waals surface area contributed by atoms with E-state index in [1.807, 2.05) is 11.0 Å². The first-order valence-corrected chi connectivity index (χ1v) is 10.7. The molecule has 1 aliphatic heterocycles. The molecule has 0 unspecified atom stereocenters. The molecule has 0 spiro atoms. The van der Waals surface area contributed by atoms with Crippen LogP contribution in [0.1, 0.15) is 44.1 Å². The second kappa shape index (κ2) is 10.2. The molecule has 1 amide bonds. The predicted octanol–water partition coefficient (Wildman–Crippen LogP) is 3.81. The molecule has 1 N–H and O–H groups in total. The van der Waals surface area contributed by atoms with E-state index in [4.69, 9.17) is 5.26 Å². The third-order valence-corrected chi connectivity index (χ3v) is 6.22. The molecule has 0 atom stereocenters. The van der Waals surface area contributed by atoms with Gasteiger partial charge in [0.15, 0.2) is 0 Å². The lowest BCUT2D eigenvalue weighted by molar-refractivity contribution is -0.137. The standard InChI is InChI=1S/C22H29F3N4O/c23-22(24,25)18-2-1-3-20(16-18)29-14-12-28(13-15-29)11-9-17-4-6-19(7-5-17)27-21(30)8-10-26/h1-3,16-17,19H,4-9,11-15H2,(H,27,30). The lowest BCUT2D eigenvalue weighted by Crippen LogP contribution is -2.47. The molecule has 2 fully saturated rings. The van der Waals surface area contributed by atoms with E-state index in [2.05, 4.69) is 10.2 Å². The monoisotopic (exact) mass is 422 g/mol. The van der Waals surface area contributed by atoms with Crippen molar-refractivity contribution in [2.24, 2.45) is 5.92 Å². The van der Waals surface area contributed by atoms with Gasteiger partial charge in [-0.1, -0.05) is 6.07 Å². The van der Waals surface area contributed by atoms with Crippen molar-refractivity contribution in [2.45, 2.75) is 50.7 Å². The molecule has 2 aliphatic rings. The Kier molecular flexibility index (Phi) is 7.59. The van der Waals surface area contributed by atoms with Gasteiger partial charge in [0.05, 0.1) is 11.6 Å². The maximum Gasteiger partial charge on any atom is 0.416 e. The van der Waals surface area contributed by atoms with Gasteiger partial charge < -0.3 is 10.2 Å². The quantitative estimate of drug-likeness (QED) is 0.758. The number of halogens is 3. The van der Waals surface area contributed by atoms with Crippen LogP contribution in [0.4, 0.5) is 18.9 Å². The van der Waals surface area contributed by atoms with Gasteiger partial charge in [-0.3, -0.25) is 9.69 Å².